The molecule has 0 aliphatic heterocycles. The van der Waals surface area contributed by atoms with Crippen LogP contribution in [0, 0.1) is 11.6 Å². The van der Waals surface area contributed by atoms with E-state index in [9.17, 15) is 8.78 Å². The predicted molar refractivity (Wildman–Crippen MR) is 64.6 cm³/mol. The molecule has 18 heavy (non-hydrogen) atoms. The van der Waals surface area contributed by atoms with Gasteiger partial charge in [0.1, 0.15) is 5.82 Å². The zero-order valence-corrected chi connectivity index (χ0v) is 9.92. The summed E-state index contributed by atoms with van der Waals surface area (Å²) in [6, 6.07) is 3.64. The highest BCUT2D eigenvalue weighted by Crippen LogP contribution is 2.23. The maximum absolute atomic E-state index is 13.0. The lowest BCUT2D eigenvalue weighted by Gasteiger charge is -2.03. The lowest BCUT2D eigenvalue weighted by atomic mass is 10.3. The zero-order chi connectivity index (χ0) is 13.1. The molecule has 0 amide bonds. The van der Waals surface area contributed by atoms with Gasteiger partial charge in [-0.25, -0.2) is 8.78 Å². The van der Waals surface area contributed by atoms with Gasteiger partial charge < -0.3 is 11.5 Å². The highest BCUT2D eigenvalue weighted by Gasteiger charge is 2.06. The van der Waals surface area contributed by atoms with Crippen molar-refractivity contribution < 1.29 is 8.78 Å². The Morgan fingerprint density at radius 2 is 1.67 bits per heavy atom. The van der Waals surface area contributed by atoms with E-state index in [0.29, 0.717) is 16.5 Å². The Bertz CT molecular complexity index is 558. The molecule has 5 nitrogen and oxygen atoms in total. The van der Waals surface area contributed by atoms with Crippen molar-refractivity contribution in [3.63, 3.8) is 0 Å². The van der Waals surface area contributed by atoms with Gasteiger partial charge in [-0.2, -0.15) is 15.0 Å². The van der Waals surface area contributed by atoms with Gasteiger partial charge in [0, 0.05) is 4.90 Å². The van der Waals surface area contributed by atoms with Gasteiger partial charge in [-0.05, 0) is 18.2 Å². The smallest absolute Gasteiger partial charge is 0.225 e. The molecule has 0 bridgehead atoms. The standard InChI is InChI=1S/C10H9F2N5S/c11-6-2-1-5(3-7(6)12)18-4-8-15-9(13)17-10(14)16-8/h1-3H,4H2,(H4,13,14,15,16,17). The summed E-state index contributed by atoms with van der Waals surface area (Å²) in [4.78, 5) is 11.9. The molecule has 0 radical (unpaired) electrons. The van der Waals surface area contributed by atoms with Gasteiger partial charge in [-0.3, -0.25) is 0 Å². The van der Waals surface area contributed by atoms with Crippen LogP contribution in [0.2, 0.25) is 0 Å². The normalized spacial score (nSPS) is 10.6. The van der Waals surface area contributed by atoms with Crippen LogP contribution in [-0.4, -0.2) is 15.0 Å². The first kappa shape index (κ1) is 12.5. The first-order valence-corrected chi connectivity index (χ1v) is 5.87. The minimum atomic E-state index is -0.894. The molecule has 94 valence electrons. The summed E-state index contributed by atoms with van der Waals surface area (Å²) in [7, 11) is 0. The molecule has 0 aliphatic carbocycles. The SMILES string of the molecule is Nc1nc(N)nc(CSc2ccc(F)c(F)c2)n1. The van der Waals surface area contributed by atoms with E-state index in [4.69, 9.17) is 11.5 Å². The molecular formula is C10H9F2N5S. The van der Waals surface area contributed by atoms with Crippen LogP contribution in [0.4, 0.5) is 20.7 Å². The maximum Gasteiger partial charge on any atom is 0.225 e. The monoisotopic (exact) mass is 269 g/mol. The van der Waals surface area contributed by atoms with Crippen LogP contribution in [-0.2, 0) is 5.75 Å². The summed E-state index contributed by atoms with van der Waals surface area (Å²) in [5.41, 5.74) is 10.8. The van der Waals surface area contributed by atoms with E-state index in [1.54, 1.807) is 0 Å². The third kappa shape index (κ3) is 3.04. The van der Waals surface area contributed by atoms with Crippen LogP contribution in [0.15, 0.2) is 23.1 Å². The van der Waals surface area contributed by atoms with Gasteiger partial charge in [-0.15, -0.1) is 11.8 Å². The van der Waals surface area contributed by atoms with E-state index in [-0.39, 0.29) is 11.9 Å². The van der Waals surface area contributed by atoms with Crippen LogP contribution in [0.3, 0.4) is 0 Å². The summed E-state index contributed by atoms with van der Waals surface area (Å²) in [5, 5.41) is 0. The Morgan fingerprint density at radius 1 is 1.00 bits per heavy atom. The third-order valence-electron chi connectivity index (χ3n) is 1.98. The lowest BCUT2D eigenvalue weighted by molar-refractivity contribution is 0.506. The van der Waals surface area contributed by atoms with Crippen molar-refractivity contribution in [2.75, 3.05) is 11.5 Å². The molecule has 1 aromatic carbocycles. The van der Waals surface area contributed by atoms with E-state index in [1.807, 2.05) is 0 Å². The van der Waals surface area contributed by atoms with Gasteiger partial charge in [0.2, 0.25) is 11.9 Å². The Morgan fingerprint density at radius 3 is 2.28 bits per heavy atom. The van der Waals surface area contributed by atoms with Gasteiger partial charge in [0.15, 0.2) is 11.6 Å². The Kier molecular flexibility index (Phi) is 3.56. The Labute approximate surface area is 106 Å². The molecule has 4 N–H and O–H groups in total. The second-order valence-corrected chi connectivity index (χ2v) is 4.38. The van der Waals surface area contributed by atoms with Crippen molar-refractivity contribution in [1.29, 1.82) is 0 Å². The average Bonchev–Trinajstić information content (AvgIpc) is 2.29. The predicted octanol–water partition coefficient (Wildman–Crippen LogP) is 1.61. The topological polar surface area (TPSA) is 90.7 Å². The van der Waals surface area contributed by atoms with Crippen molar-refractivity contribution in [2.24, 2.45) is 0 Å². The van der Waals surface area contributed by atoms with Crippen LogP contribution in [0.25, 0.3) is 0 Å². The van der Waals surface area contributed by atoms with E-state index >= 15 is 0 Å². The summed E-state index contributed by atoms with van der Waals surface area (Å²) >= 11 is 1.24. The second kappa shape index (κ2) is 5.13. The van der Waals surface area contributed by atoms with E-state index in [2.05, 4.69) is 15.0 Å². The molecule has 0 atom stereocenters. The number of thioether (sulfide) groups is 1. The minimum absolute atomic E-state index is 0.0309. The van der Waals surface area contributed by atoms with Crippen LogP contribution in [0.1, 0.15) is 5.82 Å². The fourth-order valence-electron chi connectivity index (χ4n) is 1.24. The van der Waals surface area contributed by atoms with Crippen molar-refractivity contribution in [1.82, 2.24) is 15.0 Å². The Hall–Kier alpha value is -1.96. The molecule has 0 unspecified atom stereocenters. The average molecular weight is 269 g/mol. The molecule has 0 fully saturated rings. The number of hydrogen-bond acceptors (Lipinski definition) is 6. The molecule has 8 heteroatoms. The molecule has 0 aliphatic rings. The molecule has 2 aromatic rings. The van der Waals surface area contributed by atoms with E-state index < -0.39 is 11.6 Å². The second-order valence-electron chi connectivity index (χ2n) is 3.33. The number of rotatable bonds is 3. The molecule has 2 rings (SSSR count). The maximum atomic E-state index is 13.0. The number of aromatic nitrogens is 3. The number of hydrogen-bond donors (Lipinski definition) is 2. The van der Waals surface area contributed by atoms with Crippen LogP contribution >= 0.6 is 11.8 Å². The number of anilines is 2. The van der Waals surface area contributed by atoms with Crippen LogP contribution < -0.4 is 11.5 Å². The first-order valence-electron chi connectivity index (χ1n) is 4.88. The highest BCUT2D eigenvalue weighted by molar-refractivity contribution is 7.98. The summed E-state index contributed by atoms with van der Waals surface area (Å²) in [6.07, 6.45) is 0. The fraction of sp³-hybridized carbons (Fsp3) is 0.100. The van der Waals surface area contributed by atoms with Gasteiger partial charge in [0.05, 0.1) is 5.75 Å². The third-order valence-corrected chi connectivity index (χ3v) is 2.97. The number of halogens is 2. The highest BCUT2D eigenvalue weighted by atomic mass is 32.2. The van der Waals surface area contributed by atoms with Gasteiger partial charge in [0.25, 0.3) is 0 Å². The van der Waals surface area contributed by atoms with Gasteiger partial charge in [-0.1, -0.05) is 0 Å². The molecule has 0 saturated heterocycles. The summed E-state index contributed by atoms with van der Waals surface area (Å²) in [5.74, 6) is -0.994. The Balaban J connectivity index is 2.08. The van der Waals surface area contributed by atoms with E-state index in [0.717, 1.165) is 12.1 Å². The first-order chi connectivity index (χ1) is 8.54. The molecule has 1 aromatic heterocycles. The number of nitrogens with zero attached hydrogens (tertiary/aromatic N) is 3. The van der Waals surface area contributed by atoms with E-state index in [1.165, 1.54) is 17.8 Å². The summed E-state index contributed by atoms with van der Waals surface area (Å²) < 4.78 is 25.7. The number of nitrogens with two attached hydrogens (primary N) is 2. The molecule has 1 heterocycles. The van der Waals surface area contributed by atoms with Crippen molar-refractivity contribution in [3.8, 4) is 0 Å². The van der Waals surface area contributed by atoms with Gasteiger partial charge >= 0.3 is 0 Å². The molecule has 0 spiro atoms. The lowest BCUT2D eigenvalue weighted by Crippen LogP contribution is -2.05. The van der Waals surface area contributed by atoms with Crippen LogP contribution in [0.5, 0.6) is 0 Å². The fourth-order valence-corrected chi connectivity index (χ4v) is 2.01. The van der Waals surface area contributed by atoms with Crippen molar-refractivity contribution >= 4 is 23.7 Å². The molecule has 0 saturated carbocycles. The number of benzene rings is 1. The quantitative estimate of drug-likeness (QED) is 0.822. The largest absolute Gasteiger partial charge is 0.368 e. The minimum Gasteiger partial charge on any atom is -0.368 e. The summed E-state index contributed by atoms with van der Waals surface area (Å²) in [6.45, 7) is 0. The molecular weight excluding hydrogens is 260 g/mol. The van der Waals surface area contributed by atoms with Crippen molar-refractivity contribution in [2.45, 2.75) is 10.6 Å². The zero-order valence-electron chi connectivity index (χ0n) is 9.10. The number of nitrogen functional groups attached to an aromatic ring is 2. The van der Waals surface area contributed by atoms with Crippen molar-refractivity contribution in [3.05, 3.63) is 35.7 Å².